The maximum atomic E-state index is 10.5. The molecule has 1 fully saturated rings. The normalized spacial score (nSPS) is 29.1. The lowest BCUT2D eigenvalue weighted by Gasteiger charge is -1.96. The molecule has 0 N–H and O–H groups in total. The molecule has 1 heterocycles. The highest BCUT2D eigenvalue weighted by Gasteiger charge is 2.21. The van der Waals surface area contributed by atoms with Gasteiger partial charge in [-0.2, -0.15) is 0 Å². The van der Waals surface area contributed by atoms with Crippen LogP contribution >= 0.6 is 23.5 Å². The van der Waals surface area contributed by atoms with Gasteiger partial charge in [0.15, 0.2) is 0 Å². The number of hydrogen-bond acceptors (Lipinski definition) is 3. The van der Waals surface area contributed by atoms with E-state index in [-0.39, 0.29) is 0 Å². The maximum absolute atomic E-state index is 10.5. The van der Waals surface area contributed by atoms with Crippen molar-refractivity contribution in [3.05, 3.63) is 0 Å². The van der Waals surface area contributed by atoms with Crippen LogP contribution in [-0.2, 0) is 0 Å². The second-order valence-electron chi connectivity index (χ2n) is 1.71. The van der Waals surface area contributed by atoms with Crippen molar-refractivity contribution in [2.75, 3.05) is 5.75 Å². The van der Waals surface area contributed by atoms with E-state index >= 15 is 0 Å². The third-order valence-corrected chi connectivity index (χ3v) is 3.79. The summed E-state index contributed by atoms with van der Waals surface area (Å²) in [5, 5.41) is 0.604. The summed E-state index contributed by atoms with van der Waals surface area (Å²) < 4.78 is 0.303. The first-order valence-corrected chi connectivity index (χ1v) is 4.53. The van der Waals surface area contributed by atoms with Gasteiger partial charge in [-0.05, 0) is 6.42 Å². The maximum Gasteiger partial charge on any atom is 0.246 e. The molecule has 0 bridgehead atoms. The summed E-state index contributed by atoms with van der Waals surface area (Å²) in [4.78, 5) is 10.5. The van der Waals surface area contributed by atoms with E-state index in [9.17, 15) is 4.79 Å². The molecule has 0 radical (unpaired) electrons. The topological polar surface area (TPSA) is 17.1 Å². The number of carbonyl (C=O) groups excluding carboxylic acids is 1. The van der Waals surface area contributed by atoms with Gasteiger partial charge in [0.2, 0.25) is 4.45 Å². The van der Waals surface area contributed by atoms with E-state index in [0.29, 0.717) is 9.70 Å². The van der Waals surface area contributed by atoms with E-state index in [1.54, 1.807) is 0 Å². The minimum absolute atomic E-state index is 0.303. The van der Waals surface area contributed by atoms with Crippen molar-refractivity contribution >= 4 is 28.0 Å². The standard InChI is InChI=1S/C5H8OS2/c1-2-4-3-7-5(6)8-4/h4H,2-3H2,1H3. The second-order valence-corrected chi connectivity index (χ2v) is 4.23. The molecule has 0 spiro atoms. The van der Waals surface area contributed by atoms with E-state index in [2.05, 4.69) is 6.92 Å². The molecule has 1 aliphatic heterocycles. The van der Waals surface area contributed by atoms with Crippen molar-refractivity contribution in [2.45, 2.75) is 18.6 Å². The molecule has 0 saturated carbocycles. The van der Waals surface area contributed by atoms with E-state index in [1.807, 2.05) is 0 Å². The van der Waals surface area contributed by atoms with Crippen molar-refractivity contribution in [3.63, 3.8) is 0 Å². The van der Waals surface area contributed by atoms with Crippen LogP contribution in [0.2, 0.25) is 0 Å². The van der Waals surface area contributed by atoms with Crippen LogP contribution in [0.1, 0.15) is 13.3 Å². The third-order valence-electron chi connectivity index (χ3n) is 1.11. The van der Waals surface area contributed by atoms with Gasteiger partial charge in [0.1, 0.15) is 0 Å². The quantitative estimate of drug-likeness (QED) is 0.568. The Morgan fingerprint density at radius 1 is 1.88 bits per heavy atom. The fourth-order valence-electron chi connectivity index (χ4n) is 0.566. The zero-order valence-electron chi connectivity index (χ0n) is 4.72. The van der Waals surface area contributed by atoms with Crippen molar-refractivity contribution < 1.29 is 4.79 Å². The lowest BCUT2D eigenvalue weighted by molar-refractivity contribution is 0.277. The summed E-state index contributed by atoms with van der Waals surface area (Å²) in [5.41, 5.74) is 0. The van der Waals surface area contributed by atoms with Crippen LogP contribution in [0.15, 0.2) is 0 Å². The molecule has 0 aromatic heterocycles. The van der Waals surface area contributed by atoms with Crippen LogP contribution < -0.4 is 0 Å². The molecule has 1 unspecified atom stereocenters. The first kappa shape index (κ1) is 6.49. The van der Waals surface area contributed by atoms with Gasteiger partial charge in [-0.1, -0.05) is 30.4 Å². The first-order valence-electron chi connectivity index (χ1n) is 2.66. The molecule has 1 rings (SSSR count). The Labute approximate surface area is 57.6 Å². The Kier molecular flexibility index (Phi) is 2.26. The van der Waals surface area contributed by atoms with Crippen molar-refractivity contribution in [1.82, 2.24) is 0 Å². The largest absolute Gasteiger partial charge is 0.274 e. The lowest BCUT2D eigenvalue weighted by atomic mass is 10.4. The van der Waals surface area contributed by atoms with Gasteiger partial charge in [-0.15, -0.1) is 0 Å². The van der Waals surface area contributed by atoms with Crippen LogP contribution in [0.3, 0.4) is 0 Å². The van der Waals surface area contributed by atoms with E-state index in [0.717, 1.165) is 12.2 Å². The first-order chi connectivity index (χ1) is 3.83. The monoisotopic (exact) mass is 148 g/mol. The molecule has 46 valence electrons. The summed E-state index contributed by atoms with van der Waals surface area (Å²) in [5.74, 6) is 1.03. The van der Waals surface area contributed by atoms with Gasteiger partial charge >= 0.3 is 0 Å². The molecule has 3 heteroatoms. The molecule has 1 atom stereocenters. The molecule has 1 nitrogen and oxygen atoms in total. The van der Waals surface area contributed by atoms with Gasteiger partial charge < -0.3 is 0 Å². The highest BCUT2D eigenvalue weighted by Crippen LogP contribution is 2.33. The Balaban J connectivity index is 2.32. The SMILES string of the molecule is CCC1CSC(=O)S1. The number of carbonyl (C=O) groups is 1. The average molecular weight is 148 g/mol. The lowest BCUT2D eigenvalue weighted by Crippen LogP contribution is -1.95. The summed E-state index contributed by atoms with van der Waals surface area (Å²) in [6.07, 6.45) is 1.13. The van der Waals surface area contributed by atoms with E-state index < -0.39 is 0 Å². The van der Waals surface area contributed by atoms with Crippen molar-refractivity contribution in [1.29, 1.82) is 0 Å². The second kappa shape index (κ2) is 2.78. The molecule has 0 aliphatic carbocycles. The summed E-state index contributed by atoms with van der Waals surface area (Å²) >= 11 is 2.94. The molecule has 1 saturated heterocycles. The highest BCUT2D eigenvalue weighted by atomic mass is 32.2. The predicted octanol–water partition coefficient (Wildman–Crippen LogP) is 2.37. The van der Waals surface area contributed by atoms with Crippen LogP contribution in [0.4, 0.5) is 4.79 Å². The molecular weight excluding hydrogens is 140 g/mol. The minimum Gasteiger partial charge on any atom is -0.274 e. The smallest absolute Gasteiger partial charge is 0.246 e. The summed E-state index contributed by atoms with van der Waals surface area (Å²) in [6.45, 7) is 2.12. The predicted molar refractivity (Wildman–Crippen MR) is 39.5 cm³/mol. The number of hydrogen-bond donors (Lipinski definition) is 0. The zero-order valence-corrected chi connectivity index (χ0v) is 6.35. The van der Waals surface area contributed by atoms with Crippen LogP contribution in [0, 0.1) is 0 Å². The molecule has 1 aliphatic rings. The molecule has 8 heavy (non-hydrogen) atoms. The van der Waals surface area contributed by atoms with E-state index in [1.165, 1.54) is 23.5 Å². The fraction of sp³-hybridized carbons (Fsp3) is 0.800. The molecule has 0 aromatic carbocycles. The van der Waals surface area contributed by atoms with Gasteiger partial charge in [0.25, 0.3) is 0 Å². The Bertz CT molecular complexity index is 103. The number of thioether (sulfide) groups is 2. The fourth-order valence-corrected chi connectivity index (χ4v) is 2.92. The van der Waals surface area contributed by atoms with Crippen molar-refractivity contribution in [2.24, 2.45) is 0 Å². The summed E-state index contributed by atoms with van der Waals surface area (Å²) in [7, 11) is 0. The van der Waals surface area contributed by atoms with Crippen LogP contribution in [-0.4, -0.2) is 15.5 Å². The minimum atomic E-state index is 0.303. The zero-order chi connectivity index (χ0) is 5.98. The summed E-state index contributed by atoms with van der Waals surface area (Å²) in [6, 6.07) is 0. The van der Waals surface area contributed by atoms with Crippen molar-refractivity contribution in [3.8, 4) is 0 Å². The molecule has 0 aromatic rings. The van der Waals surface area contributed by atoms with Crippen LogP contribution in [0.5, 0.6) is 0 Å². The van der Waals surface area contributed by atoms with Gasteiger partial charge in [0, 0.05) is 11.0 Å². The Hall–Kier alpha value is 0.370. The Morgan fingerprint density at radius 2 is 2.62 bits per heavy atom. The molecule has 0 amide bonds. The highest BCUT2D eigenvalue weighted by molar-refractivity contribution is 8.41. The molecular formula is C5H8OS2. The van der Waals surface area contributed by atoms with Crippen LogP contribution in [0.25, 0.3) is 0 Å². The van der Waals surface area contributed by atoms with Gasteiger partial charge in [-0.25, -0.2) is 0 Å². The average Bonchev–Trinajstić information content (AvgIpc) is 2.14. The third kappa shape index (κ3) is 1.42. The Morgan fingerprint density at radius 3 is 2.88 bits per heavy atom. The van der Waals surface area contributed by atoms with Gasteiger partial charge in [-0.3, -0.25) is 4.79 Å². The van der Waals surface area contributed by atoms with Gasteiger partial charge in [0.05, 0.1) is 0 Å². The number of rotatable bonds is 1. The van der Waals surface area contributed by atoms with E-state index in [4.69, 9.17) is 0 Å².